The van der Waals surface area contributed by atoms with Crippen LogP contribution in [0.3, 0.4) is 0 Å². The van der Waals surface area contributed by atoms with Crippen molar-refractivity contribution in [1.82, 2.24) is 4.90 Å². The first-order chi connectivity index (χ1) is 13.5. The molecule has 0 saturated carbocycles. The van der Waals surface area contributed by atoms with Crippen molar-refractivity contribution in [1.29, 1.82) is 0 Å². The normalized spacial score (nSPS) is 16.0. The van der Waals surface area contributed by atoms with Gasteiger partial charge in [-0.2, -0.15) is 0 Å². The fourth-order valence-corrected chi connectivity index (χ4v) is 3.39. The molecule has 0 unspecified atom stereocenters. The highest BCUT2D eigenvalue weighted by Gasteiger charge is 2.25. The van der Waals surface area contributed by atoms with E-state index in [0.717, 1.165) is 24.0 Å². The Labute approximate surface area is 164 Å². The molecule has 6 nitrogen and oxygen atoms in total. The van der Waals surface area contributed by atoms with Crippen LogP contribution in [0.2, 0.25) is 0 Å². The maximum atomic E-state index is 13.3. The lowest BCUT2D eigenvalue weighted by atomic mass is 10.1. The molecule has 2 aromatic rings. The molecular weight excluding hydrogens is 358 g/mol. The number of aryl methyl sites for hydroxylation is 1. The van der Waals surface area contributed by atoms with Crippen molar-refractivity contribution in [3.8, 4) is 5.75 Å². The van der Waals surface area contributed by atoms with Crippen LogP contribution in [-0.4, -0.2) is 48.2 Å². The highest BCUT2D eigenvalue weighted by molar-refractivity contribution is 5.98. The summed E-state index contributed by atoms with van der Waals surface area (Å²) in [4.78, 5) is 26.5. The Morgan fingerprint density at radius 3 is 2.61 bits per heavy atom. The molecule has 1 heterocycles. The van der Waals surface area contributed by atoms with Crippen molar-refractivity contribution in [3.63, 3.8) is 0 Å². The largest absolute Gasteiger partial charge is 0.497 e. The summed E-state index contributed by atoms with van der Waals surface area (Å²) in [6.07, 6.45) is 1.90. The molecule has 1 N–H and O–H groups in total. The lowest BCUT2D eigenvalue weighted by Gasteiger charge is -2.26. The summed E-state index contributed by atoms with van der Waals surface area (Å²) < 4.78 is 10.9. The van der Waals surface area contributed by atoms with Gasteiger partial charge in [-0.15, -0.1) is 0 Å². The topological polar surface area (TPSA) is 76.1 Å². The SMILES string of the molecule is COc1cc(C(=O)O)cc(C(=O)N(Cc2ccccc2C)C[C@@H]2CCCO2)c1. The van der Waals surface area contributed by atoms with Gasteiger partial charge in [0.2, 0.25) is 0 Å². The Bertz CT molecular complexity index is 858. The van der Waals surface area contributed by atoms with E-state index in [-0.39, 0.29) is 17.6 Å². The lowest BCUT2D eigenvalue weighted by molar-refractivity contribution is 0.0506. The Hall–Kier alpha value is -2.86. The van der Waals surface area contributed by atoms with Gasteiger partial charge in [-0.1, -0.05) is 24.3 Å². The molecule has 148 valence electrons. The number of carbonyl (C=O) groups is 2. The maximum absolute atomic E-state index is 13.3. The molecule has 1 atom stereocenters. The molecular formula is C22H25NO5. The third-order valence-electron chi connectivity index (χ3n) is 4.99. The second-order valence-corrected chi connectivity index (χ2v) is 7.00. The van der Waals surface area contributed by atoms with Crippen molar-refractivity contribution in [2.45, 2.75) is 32.4 Å². The quantitative estimate of drug-likeness (QED) is 0.792. The van der Waals surface area contributed by atoms with Gasteiger partial charge in [-0.25, -0.2) is 4.79 Å². The maximum Gasteiger partial charge on any atom is 0.335 e. The molecule has 0 spiro atoms. The van der Waals surface area contributed by atoms with Gasteiger partial charge >= 0.3 is 5.97 Å². The van der Waals surface area contributed by atoms with E-state index >= 15 is 0 Å². The first-order valence-corrected chi connectivity index (χ1v) is 9.35. The minimum absolute atomic E-state index is 0.00230. The number of carbonyl (C=O) groups excluding carboxylic acids is 1. The van der Waals surface area contributed by atoms with E-state index in [1.165, 1.54) is 19.2 Å². The molecule has 0 aliphatic carbocycles. The lowest BCUT2D eigenvalue weighted by Crippen LogP contribution is -2.37. The molecule has 1 aliphatic heterocycles. The first-order valence-electron chi connectivity index (χ1n) is 9.35. The summed E-state index contributed by atoms with van der Waals surface area (Å²) in [5.74, 6) is -0.992. The van der Waals surface area contributed by atoms with E-state index in [1.807, 2.05) is 31.2 Å². The van der Waals surface area contributed by atoms with Gasteiger partial charge in [0, 0.05) is 25.3 Å². The monoisotopic (exact) mass is 383 g/mol. The summed E-state index contributed by atoms with van der Waals surface area (Å²) in [7, 11) is 1.45. The zero-order valence-corrected chi connectivity index (χ0v) is 16.2. The number of carboxylic acids is 1. The molecule has 3 rings (SSSR count). The fourth-order valence-electron chi connectivity index (χ4n) is 3.39. The second-order valence-electron chi connectivity index (χ2n) is 7.00. The number of rotatable bonds is 7. The van der Waals surface area contributed by atoms with Crippen LogP contribution in [-0.2, 0) is 11.3 Å². The number of ether oxygens (including phenoxy) is 2. The third kappa shape index (κ3) is 4.70. The predicted octanol–water partition coefficient (Wildman–Crippen LogP) is 3.52. The number of amides is 1. The van der Waals surface area contributed by atoms with E-state index in [4.69, 9.17) is 9.47 Å². The van der Waals surface area contributed by atoms with Crippen molar-refractivity contribution >= 4 is 11.9 Å². The van der Waals surface area contributed by atoms with Gasteiger partial charge in [0.15, 0.2) is 0 Å². The molecule has 28 heavy (non-hydrogen) atoms. The van der Waals surface area contributed by atoms with Crippen molar-refractivity contribution < 1.29 is 24.2 Å². The summed E-state index contributed by atoms with van der Waals surface area (Å²) in [5, 5.41) is 9.35. The minimum Gasteiger partial charge on any atom is -0.497 e. The highest BCUT2D eigenvalue weighted by Crippen LogP contribution is 2.22. The van der Waals surface area contributed by atoms with Crippen LogP contribution in [0.1, 0.15) is 44.7 Å². The van der Waals surface area contributed by atoms with Gasteiger partial charge in [-0.05, 0) is 49.1 Å². The average Bonchev–Trinajstić information content (AvgIpc) is 3.21. The molecule has 6 heteroatoms. The van der Waals surface area contributed by atoms with Crippen molar-refractivity contribution in [3.05, 3.63) is 64.7 Å². The van der Waals surface area contributed by atoms with Gasteiger partial charge in [0.1, 0.15) is 5.75 Å². The van der Waals surface area contributed by atoms with Gasteiger partial charge in [0.05, 0.1) is 18.8 Å². The number of aromatic carboxylic acids is 1. The number of methoxy groups -OCH3 is 1. The van der Waals surface area contributed by atoms with Crippen LogP contribution < -0.4 is 4.74 Å². The van der Waals surface area contributed by atoms with Crippen molar-refractivity contribution in [2.75, 3.05) is 20.3 Å². The summed E-state index contributed by atoms with van der Waals surface area (Å²) in [6.45, 7) is 3.62. The number of hydrogen-bond donors (Lipinski definition) is 1. The Morgan fingerprint density at radius 1 is 1.21 bits per heavy atom. The standard InChI is InChI=1S/C22H25NO5/c1-15-6-3-4-7-16(15)13-23(14-19-8-5-9-28-19)21(24)17-10-18(22(25)26)12-20(11-17)27-2/h3-4,6-7,10-12,19H,5,8-9,13-14H2,1-2H3,(H,25,26)/t19-/m0/s1. The van der Waals surface area contributed by atoms with Crippen LogP contribution in [0.5, 0.6) is 5.75 Å². The zero-order chi connectivity index (χ0) is 20.1. The Morgan fingerprint density at radius 2 is 1.96 bits per heavy atom. The number of hydrogen-bond acceptors (Lipinski definition) is 4. The molecule has 1 fully saturated rings. The summed E-state index contributed by atoms with van der Waals surface area (Å²) >= 11 is 0. The van der Waals surface area contributed by atoms with Crippen LogP contribution in [0, 0.1) is 6.92 Å². The van der Waals surface area contributed by atoms with Crippen LogP contribution in [0.25, 0.3) is 0 Å². The third-order valence-corrected chi connectivity index (χ3v) is 4.99. The average molecular weight is 383 g/mol. The smallest absolute Gasteiger partial charge is 0.335 e. The van der Waals surface area contributed by atoms with E-state index in [2.05, 4.69) is 0 Å². The van der Waals surface area contributed by atoms with E-state index in [1.54, 1.807) is 11.0 Å². The Balaban J connectivity index is 1.92. The van der Waals surface area contributed by atoms with Gasteiger partial charge in [-0.3, -0.25) is 4.79 Å². The van der Waals surface area contributed by atoms with Gasteiger partial charge in [0.25, 0.3) is 5.91 Å². The molecule has 0 radical (unpaired) electrons. The second kappa shape index (κ2) is 8.89. The minimum atomic E-state index is -1.10. The van der Waals surface area contributed by atoms with Crippen LogP contribution >= 0.6 is 0 Å². The van der Waals surface area contributed by atoms with E-state index < -0.39 is 5.97 Å². The van der Waals surface area contributed by atoms with Crippen LogP contribution in [0.15, 0.2) is 42.5 Å². The highest BCUT2D eigenvalue weighted by atomic mass is 16.5. The molecule has 1 saturated heterocycles. The van der Waals surface area contributed by atoms with E-state index in [9.17, 15) is 14.7 Å². The first kappa shape index (κ1) is 19.9. The summed E-state index contributed by atoms with van der Waals surface area (Å²) in [6, 6.07) is 12.3. The predicted molar refractivity (Wildman–Crippen MR) is 105 cm³/mol. The molecule has 0 bridgehead atoms. The number of benzene rings is 2. The van der Waals surface area contributed by atoms with Crippen LogP contribution in [0.4, 0.5) is 0 Å². The number of carboxylic acid groups (broad SMARTS) is 1. The van der Waals surface area contributed by atoms with Crippen molar-refractivity contribution in [2.24, 2.45) is 0 Å². The number of nitrogens with zero attached hydrogens (tertiary/aromatic N) is 1. The molecule has 1 amide bonds. The summed E-state index contributed by atoms with van der Waals surface area (Å²) in [5.41, 5.74) is 2.47. The van der Waals surface area contributed by atoms with E-state index in [0.29, 0.717) is 31.0 Å². The Kier molecular flexibility index (Phi) is 6.31. The zero-order valence-electron chi connectivity index (χ0n) is 16.2. The molecule has 2 aromatic carbocycles. The van der Waals surface area contributed by atoms with Gasteiger partial charge < -0.3 is 19.5 Å². The molecule has 0 aromatic heterocycles. The fraction of sp³-hybridized carbons (Fsp3) is 0.364. The molecule has 1 aliphatic rings.